The van der Waals surface area contributed by atoms with Crippen molar-refractivity contribution in [2.75, 3.05) is 19.7 Å². The number of rotatable bonds is 6. The summed E-state index contributed by atoms with van der Waals surface area (Å²) in [6, 6.07) is 17.8. The molecule has 1 aliphatic carbocycles. The van der Waals surface area contributed by atoms with Gasteiger partial charge in [0.05, 0.1) is 5.41 Å². The molecule has 1 saturated heterocycles. The summed E-state index contributed by atoms with van der Waals surface area (Å²) >= 11 is 6.05. The summed E-state index contributed by atoms with van der Waals surface area (Å²) in [5.41, 5.74) is 4.81. The number of piperidine rings is 1. The Morgan fingerprint density at radius 2 is 1.71 bits per heavy atom. The third-order valence-electron chi connectivity index (χ3n) is 6.92. The van der Waals surface area contributed by atoms with Crippen molar-refractivity contribution in [2.45, 2.75) is 44.9 Å². The maximum Gasteiger partial charge on any atom is 0.409 e. The molecule has 1 aliphatic heterocycles. The molecular weight excluding hydrogens is 458 g/mol. The van der Waals surface area contributed by atoms with Crippen LogP contribution in [0.25, 0.3) is 5.57 Å². The fraction of sp³-hybridized carbons (Fsp3) is 0.333. The summed E-state index contributed by atoms with van der Waals surface area (Å²) < 4.78 is 5.77. The van der Waals surface area contributed by atoms with Gasteiger partial charge in [-0.1, -0.05) is 98.8 Å². The molecule has 0 bridgehead atoms. The fourth-order valence-electron chi connectivity index (χ4n) is 4.95. The van der Waals surface area contributed by atoms with Crippen molar-refractivity contribution in [3.63, 3.8) is 0 Å². The van der Waals surface area contributed by atoms with Crippen LogP contribution in [0.4, 0.5) is 4.79 Å². The number of likely N-dealkylation sites (tertiary alicyclic amines) is 1. The third kappa shape index (κ3) is 5.43. The van der Waals surface area contributed by atoms with Crippen molar-refractivity contribution in [3.05, 3.63) is 102 Å². The van der Waals surface area contributed by atoms with Gasteiger partial charge in [-0.25, -0.2) is 4.79 Å². The maximum absolute atomic E-state index is 12.9. The lowest BCUT2D eigenvalue weighted by Crippen LogP contribution is -2.48. The number of carbonyl (C=O) groups excluding carboxylic acids is 2. The van der Waals surface area contributed by atoms with E-state index in [2.05, 4.69) is 31.7 Å². The van der Waals surface area contributed by atoms with Gasteiger partial charge in [0.1, 0.15) is 6.61 Å². The van der Waals surface area contributed by atoms with Crippen molar-refractivity contribution in [2.24, 2.45) is 0 Å². The van der Waals surface area contributed by atoms with E-state index in [9.17, 15) is 9.59 Å². The molecule has 1 atom stereocenters. The predicted molar refractivity (Wildman–Crippen MR) is 144 cm³/mol. The average Bonchev–Trinajstić information content (AvgIpc) is 3.17. The predicted octanol–water partition coefficient (Wildman–Crippen LogP) is 7.26. The molecule has 1 heterocycles. The van der Waals surface area contributed by atoms with Crippen LogP contribution in [-0.4, -0.2) is 35.9 Å². The quantitative estimate of drug-likeness (QED) is 0.315. The van der Waals surface area contributed by atoms with E-state index in [4.69, 9.17) is 16.3 Å². The number of ether oxygens (including phenoxy) is 1. The van der Waals surface area contributed by atoms with E-state index in [1.807, 2.05) is 62.4 Å². The van der Waals surface area contributed by atoms with Gasteiger partial charge in [0, 0.05) is 19.0 Å². The number of benzene rings is 2. The van der Waals surface area contributed by atoms with Gasteiger partial charge >= 0.3 is 6.09 Å². The second-order valence-electron chi connectivity index (χ2n) is 8.62. The Morgan fingerprint density at radius 3 is 2.34 bits per heavy atom. The lowest BCUT2D eigenvalue weighted by molar-refractivity contribution is -0.118. The van der Waals surface area contributed by atoms with Crippen LogP contribution in [0.5, 0.6) is 0 Å². The normalized spacial score (nSPS) is 18.5. The number of halogens is 1. The topological polar surface area (TPSA) is 46.6 Å². The third-order valence-corrected chi connectivity index (χ3v) is 7.29. The highest BCUT2D eigenvalue weighted by molar-refractivity contribution is 6.65. The molecule has 5 heteroatoms. The van der Waals surface area contributed by atoms with Gasteiger partial charge in [0.25, 0.3) is 0 Å². The van der Waals surface area contributed by atoms with Crippen molar-refractivity contribution in [3.8, 4) is 0 Å². The number of fused-ring (bicyclic) bond motifs is 1. The van der Waals surface area contributed by atoms with Crippen LogP contribution in [0.2, 0.25) is 0 Å². The molecule has 1 fully saturated rings. The molecular formula is C30H34ClNO3. The lowest BCUT2D eigenvalue weighted by atomic mass is 9.74. The van der Waals surface area contributed by atoms with Crippen LogP contribution in [0.15, 0.2) is 85.0 Å². The van der Waals surface area contributed by atoms with Gasteiger partial charge < -0.3 is 9.64 Å². The summed E-state index contributed by atoms with van der Waals surface area (Å²) in [5, 5.41) is -0.370. The molecule has 184 valence electrons. The van der Waals surface area contributed by atoms with Crippen LogP contribution < -0.4 is 0 Å². The van der Waals surface area contributed by atoms with E-state index >= 15 is 0 Å². The van der Waals surface area contributed by atoms with Crippen LogP contribution >= 0.6 is 11.6 Å². The molecule has 0 aromatic heterocycles. The summed E-state index contributed by atoms with van der Waals surface area (Å²) in [7, 11) is 0. The number of nitrogens with zero attached hydrogens (tertiary/aromatic N) is 1. The van der Waals surface area contributed by atoms with Gasteiger partial charge in [-0.05, 0) is 53.6 Å². The van der Waals surface area contributed by atoms with Gasteiger partial charge in [-0.15, -0.1) is 0 Å². The van der Waals surface area contributed by atoms with E-state index in [0.29, 0.717) is 25.9 Å². The molecule has 0 radical (unpaired) electrons. The Bertz CT molecular complexity index is 1110. The fourth-order valence-corrected chi connectivity index (χ4v) is 5.25. The van der Waals surface area contributed by atoms with E-state index < -0.39 is 5.41 Å². The minimum atomic E-state index is -0.754. The molecule has 0 spiro atoms. The maximum atomic E-state index is 12.9. The van der Waals surface area contributed by atoms with Gasteiger partial charge in [0.15, 0.2) is 0 Å². The van der Waals surface area contributed by atoms with E-state index in [1.165, 1.54) is 16.7 Å². The zero-order valence-corrected chi connectivity index (χ0v) is 21.6. The van der Waals surface area contributed by atoms with Crippen molar-refractivity contribution >= 4 is 28.5 Å². The van der Waals surface area contributed by atoms with Crippen LogP contribution in [0.3, 0.4) is 0 Å². The smallest absolute Gasteiger partial charge is 0.409 e. The molecule has 2 aromatic rings. The molecule has 1 amide bonds. The molecule has 0 N–H and O–H groups in total. The largest absolute Gasteiger partial charge is 0.448 e. The summed E-state index contributed by atoms with van der Waals surface area (Å²) in [6.07, 6.45) is 6.36. The highest BCUT2D eigenvalue weighted by Gasteiger charge is 2.43. The van der Waals surface area contributed by atoms with E-state index in [1.54, 1.807) is 11.0 Å². The molecule has 1 unspecified atom stereocenters. The lowest BCUT2D eigenvalue weighted by Gasteiger charge is -2.39. The van der Waals surface area contributed by atoms with Crippen LogP contribution in [0.1, 0.15) is 56.2 Å². The van der Waals surface area contributed by atoms with Gasteiger partial charge in [-0.2, -0.15) is 0 Å². The minimum Gasteiger partial charge on any atom is -0.448 e. The molecule has 4 rings (SSSR count). The number of hydrogen-bond donors (Lipinski definition) is 0. The zero-order valence-electron chi connectivity index (χ0n) is 20.8. The first-order valence-corrected chi connectivity index (χ1v) is 12.6. The zero-order chi connectivity index (χ0) is 25.4. The summed E-state index contributed by atoms with van der Waals surface area (Å²) in [4.78, 5) is 26.9. The molecule has 2 aliphatic rings. The Morgan fingerprint density at radius 1 is 1.09 bits per heavy atom. The van der Waals surface area contributed by atoms with Crippen LogP contribution in [0, 0.1) is 0 Å². The van der Waals surface area contributed by atoms with E-state index in [0.717, 1.165) is 11.1 Å². The second-order valence-corrected chi connectivity index (χ2v) is 8.96. The van der Waals surface area contributed by atoms with Crippen molar-refractivity contribution < 1.29 is 14.3 Å². The summed E-state index contributed by atoms with van der Waals surface area (Å²) in [5.74, 6) is 0.0206. The first-order valence-electron chi connectivity index (χ1n) is 12.2. The molecule has 0 saturated carbocycles. The van der Waals surface area contributed by atoms with Crippen LogP contribution in [-0.2, 0) is 14.9 Å². The first-order chi connectivity index (χ1) is 17.0. The Balaban J connectivity index is 0.00000167. The number of amides is 1. The summed E-state index contributed by atoms with van der Waals surface area (Å²) in [6.45, 7) is 11.0. The highest BCUT2D eigenvalue weighted by atomic mass is 35.5. The van der Waals surface area contributed by atoms with Crippen molar-refractivity contribution in [1.29, 1.82) is 0 Å². The van der Waals surface area contributed by atoms with Gasteiger partial charge in [0.2, 0.25) is 5.24 Å². The van der Waals surface area contributed by atoms with E-state index in [-0.39, 0.29) is 23.9 Å². The van der Waals surface area contributed by atoms with Gasteiger partial charge in [-0.3, -0.25) is 4.79 Å². The second kappa shape index (κ2) is 12.0. The number of hydrogen-bond acceptors (Lipinski definition) is 3. The highest BCUT2D eigenvalue weighted by Crippen LogP contribution is 2.43. The molecule has 35 heavy (non-hydrogen) atoms. The Labute approximate surface area is 213 Å². The average molecular weight is 492 g/mol. The SMILES string of the molecule is C=C/C=C\C1=C(C)C(COC(=O)N2CCC(C(=O)Cl)(c3ccccc3)CC2)c2ccccc21.CC. The molecule has 4 nitrogen and oxygen atoms in total. The van der Waals surface area contributed by atoms with Crippen molar-refractivity contribution in [1.82, 2.24) is 4.90 Å². The Hall–Kier alpha value is -3.11. The number of carbonyl (C=O) groups is 2. The number of allylic oxidation sites excluding steroid dienone is 4. The first kappa shape index (κ1) is 26.5. The molecule has 2 aromatic carbocycles. The standard InChI is InChI=1S/C28H28ClNO3.C2H6/c1-3-4-12-22-20(2)25(24-14-9-8-13-23(22)24)19-33-27(32)30-17-15-28(16-18-30,26(29)31)21-10-6-5-7-11-21;1-2/h3-14,25H,1,15-19H2,2H3;1-2H3/b12-4-;. The Kier molecular flexibility index (Phi) is 9.11. The minimum absolute atomic E-state index is 0.0206. The monoisotopic (exact) mass is 491 g/mol.